The fourth-order valence-corrected chi connectivity index (χ4v) is 3.37. The van der Waals surface area contributed by atoms with Crippen LogP contribution in [0.3, 0.4) is 0 Å². The van der Waals surface area contributed by atoms with Crippen LogP contribution in [0.5, 0.6) is 5.75 Å². The van der Waals surface area contributed by atoms with Crippen LogP contribution in [0, 0.1) is 0 Å². The number of nitrogens with zero attached hydrogens (tertiary/aromatic N) is 3. The molecule has 5 nitrogen and oxygen atoms in total. The summed E-state index contributed by atoms with van der Waals surface area (Å²) in [6.45, 7) is -0.199. The Kier molecular flexibility index (Phi) is 5.62. The van der Waals surface area contributed by atoms with Gasteiger partial charge in [0.05, 0.1) is 5.56 Å². The van der Waals surface area contributed by atoms with Crippen LogP contribution in [0.4, 0.5) is 24.8 Å². The van der Waals surface area contributed by atoms with Crippen molar-refractivity contribution in [2.24, 2.45) is 0 Å². The number of alkyl halides is 3. The molecule has 0 saturated heterocycles. The Morgan fingerprint density at radius 3 is 2.63 bits per heavy atom. The molecule has 0 aliphatic rings. The van der Waals surface area contributed by atoms with E-state index in [0.29, 0.717) is 23.1 Å². The molecule has 0 aliphatic carbocycles. The molecule has 30 heavy (non-hydrogen) atoms. The Hall–Kier alpha value is -3.46. The van der Waals surface area contributed by atoms with Gasteiger partial charge in [0.2, 0.25) is 5.95 Å². The van der Waals surface area contributed by atoms with Crippen molar-refractivity contribution in [3.63, 3.8) is 0 Å². The summed E-state index contributed by atoms with van der Waals surface area (Å²) in [5, 5.41) is 5.72. The summed E-state index contributed by atoms with van der Waals surface area (Å²) < 4.78 is 45.0. The van der Waals surface area contributed by atoms with Gasteiger partial charge >= 0.3 is 6.18 Å². The fraction of sp³-hybridized carbons (Fsp3) is 0.0952. The summed E-state index contributed by atoms with van der Waals surface area (Å²) >= 11 is 1.47. The smallest absolute Gasteiger partial charge is 0.416 e. The van der Waals surface area contributed by atoms with E-state index < -0.39 is 11.7 Å². The zero-order valence-corrected chi connectivity index (χ0v) is 16.2. The molecule has 2 aromatic heterocycles. The first-order valence-electron chi connectivity index (χ1n) is 8.87. The molecule has 1 N–H and O–H groups in total. The molecule has 152 valence electrons. The quantitative estimate of drug-likeness (QED) is 0.412. The van der Waals surface area contributed by atoms with Gasteiger partial charge in [-0.3, -0.25) is 0 Å². The molecular formula is C21H15F3N4OS. The lowest BCUT2D eigenvalue weighted by molar-refractivity contribution is -0.138. The number of nitrogens with one attached hydrogen (secondary N) is 1. The molecule has 0 fully saturated rings. The molecule has 2 heterocycles. The van der Waals surface area contributed by atoms with Gasteiger partial charge in [0.1, 0.15) is 23.1 Å². The van der Waals surface area contributed by atoms with Gasteiger partial charge < -0.3 is 10.1 Å². The van der Waals surface area contributed by atoms with E-state index in [4.69, 9.17) is 4.74 Å². The molecule has 0 radical (unpaired) electrons. The van der Waals surface area contributed by atoms with E-state index in [2.05, 4.69) is 20.3 Å². The number of aromatic nitrogens is 3. The van der Waals surface area contributed by atoms with Gasteiger partial charge in [-0.25, -0.2) is 15.0 Å². The maximum atomic E-state index is 13.1. The number of hydrogen-bond acceptors (Lipinski definition) is 6. The van der Waals surface area contributed by atoms with Gasteiger partial charge in [0.15, 0.2) is 0 Å². The summed E-state index contributed by atoms with van der Waals surface area (Å²) in [5.41, 5.74) is 0.709. The third-order valence-corrected chi connectivity index (χ3v) is 4.91. The Morgan fingerprint density at radius 1 is 0.967 bits per heavy atom. The predicted molar refractivity (Wildman–Crippen MR) is 109 cm³/mol. The molecule has 0 spiro atoms. The first-order valence-corrected chi connectivity index (χ1v) is 9.75. The van der Waals surface area contributed by atoms with Crippen molar-refractivity contribution >= 4 is 23.0 Å². The number of hydrogen-bond donors (Lipinski definition) is 1. The minimum absolute atomic E-state index is 0.0721. The molecule has 2 aromatic carbocycles. The first-order chi connectivity index (χ1) is 14.5. The average Bonchev–Trinajstić information content (AvgIpc) is 3.27. The van der Waals surface area contributed by atoms with Crippen LogP contribution < -0.4 is 10.1 Å². The van der Waals surface area contributed by atoms with Crippen molar-refractivity contribution in [2.45, 2.75) is 12.8 Å². The van der Waals surface area contributed by atoms with Crippen molar-refractivity contribution < 1.29 is 17.9 Å². The van der Waals surface area contributed by atoms with Crippen molar-refractivity contribution in [3.8, 4) is 16.5 Å². The molecule has 9 heteroatoms. The van der Waals surface area contributed by atoms with E-state index in [-0.39, 0.29) is 12.2 Å². The normalized spacial score (nSPS) is 11.3. The molecule has 0 saturated carbocycles. The molecule has 0 bridgehead atoms. The highest BCUT2D eigenvalue weighted by atomic mass is 32.1. The second kappa shape index (κ2) is 8.50. The lowest BCUT2D eigenvalue weighted by Crippen LogP contribution is -2.10. The molecule has 4 aromatic rings. The van der Waals surface area contributed by atoms with Crippen molar-refractivity contribution in [1.82, 2.24) is 15.0 Å². The van der Waals surface area contributed by atoms with Gasteiger partial charge in [-0.05, 0) is 24.3 Å². The molecule has 0 atom stereocenters. The second-order valence-electron chi connectivity index (χ2n) is 6.20. The molecular weight excluding hydrogens is 413 g/mol. The fourth-order valence-electron chi connectivity index (χ4n) is 2.76. The zero-order chi connectivity index (χ0) is 21.0. The van der Waals surface area contributed by atoms with Crippen LogP contribution in [0.25, 0.3) is 10.7 Å². The average molecular weight is 428 g/mol. The first kappa shape index (κ1) is 19.8. The third-order valence-electron chi connectivity index (χ3n) is 4.11. The third kappa shape index (κ3) is 4.74. The number of halogens is 3. The molecule has 0 aliphatic heterocycles. The van der Waals surface area contributed by atoms with E-state index in [1.807, 2.05) is 5.38 Å². The maximum Gasteiger partial charge on any atom is 0.416 e. The summed E-state index contributed by atoms with van der Waals surface area (Å²) in [4.78, 5) is 12.9. The highest BCUT2D eigenvalue weighted by molar-refractivity contribution is 7.13. The van der Waals surface area contributed by atoms with Crippen LogP contribution in [0.15, 0.2) is 72.4 Å². The van der Waals surface area contributed by atoms with Gasteiger partial charge in [-0.1, -0.05) is 24.3 Å². The number of benzene rings is 2. The Labute approximate surface area is 174 Å². The van der Waals surface area contributed by atoms with Gasteiger partial charge in [0.25, 0.3) is 0 Å². The van der Waals surface area contributed by atoms with Crippen LogP contribution >= 0.6 is 11.3 Å². The van der Waals surface area contributed by atoms with Crippen LogP contribution in [0.1, 0.15) is 11.1 Å². The van der Waals surface area contributed by atoms with Crippen LogP contribution in [-0.2, 0) is 12.8 Å². The van der Waals surface area contributed by atoms with E-state index in [1.54, 1.807) is 48.8 Å². The molecule has 0 amide bonds. The maximum absolute atomic E-state index is 13.1. The Morgan fingerprint density at radius 2 is 1.83 bits per heavy atom. The number of ether oxygens (including phenoxy) is 1. The van der Waals surface area contributed by atoms with E-state index in [0.717, 1.165) is 11.1 Å². The minimum atomic E-state index is -4.43. The summed E-state index contributed by atoms with van der Waals surface area (Å²) in [6.07, 6.45) is -1.10. The van der Waals surface area contributed by atoms with E-state index in [1.165, 1.54) is 23.5 Å². The number of rotatable bonds is 6. The van der Waals surface area contributed by atoms with Crippen molar-refractivity contribution in [2.75, 3.05) is 5.32 Å². The molecule has 0 unspecified atom stereocenters. The second-order valence-corrected chi connectivity index (χ2v) is 7.09. The van der Waals surface area contributed by atoms with Crippen molar-refractivity contribution in [1.29, 1.82) is 0 Å². The Balaban J connectivity index is 1.47. The highest BCUT2D eigenvalue weighted by Crippen LogP contribution is 2.32. The lowest BCUT2D eigenvalue weighted by Gasteiger charge is -2.14. The SMILES string of the molecule is FC(F)(F)c1ccccc1COc1cccc(Nc2nccc(-c3nccs3)n2)c1. The van der Waals surface area contributed by atoms with Crippen LogP contribution in [-0.4, -0.2) is 15.0 Å². The minimum Gasteiger partial charge on any atom is -0.489 e. The summed E-state index contributed by atoms with van der Waals surface area (Å²) in [5.74, 6) is 0.801. The monoisotopic (exact) mass is 428 g/mol. The standard InChI is InChI=1S/C21H15F3N4OS/c22-21(23,24)17-7-2-1-4-14(17)13-29-16-6-3-5-15(12-16)27-20-26-9-8-18(28-20)19-25-10-11-30-19/h1-12H,13H2,(H,26,27,28). The largest absolute Gasteiger partial charge is 0.489 e. The number of anilines is 2. The topological polar surface area (TPSA) is 59.9 Å². The van der Waals surface area contributed by atoms with E-state index in [9.17, 15) is 13.2 Å². The Bertz CT molecular complexity index is 1130. The summed E-state index contributed by atoms with van der Waals surface area (Å²) in [7, 11) is 0. The van der Waals surface area contributed by atoms with Gasteiger partial charge in [-0.15, -0.1) is 11.3 Å². The van der Waals surface area contributed by atoms with Crippen LogP contribution in [0.2, 0.25) is 0 Å². The number of thiazole rings is 1. The highest BCUT2D eigenvalue weighted by Gasteiger charge is 2.32. The van der Waals surface area contributed by atoms with Gasteiger partial charge in [0, 0.05) is 35.1 Å². The van der Waals surface area contributed by atoms with E-state index >= 15 is 0 Å². The van der Waals surface area contributed by atoms with Crippen molar-refractivity contribution in [3.05, 3.63) is 83.5 Å². The lowest BCUT2D eigenvalue weighted by atomic mass is 10.1. The molecule has 4 rings (SSSR count). The predicted octanol–water partition coefficient (Wildman–Crippen LogP) is 5.94. The zero-order valence-electron chi connectivity index (χ0n) is 15.4. The summed E-state index contributed by atoms with van der Waals surface area (Å²) in [6, 6.07) is 14.0. The van der Waals surface area contributed by atoms with Gasteiger partial charge in [-0.2, -0.15) is 13.2 Å².